The Morgan fingerprint density at radius 2 is 1.62 bits per heavy atom. The SMILES string of the molecule is Cc1ccc(NC(=O)C(=O)Nc2ccc3c(c2)OCO3)cc1N1CCCCC1=O. The molecule has 2 aliphatic rings. The molecule has 1 fully saturated rings. The van der Waals surface area contributed by atoms with Crippen molar-refractivity contribution in [2.45, 2.75) is 26.2 Å². The predicted octanol–water partition coefficient (Wildman–Crippen LogP) is 2.82. The summed E-state index contributed by atoms with van der Waals surface area (Å²) in [6.45, 7) is 2.69. The minimum absolute atomic E-state index is 0.0726. The van der Waals surface area contributed by atoms with Gasteiger partial charge in [0.15, 0.2) is 11.5 Å². The maximum atomic E-state index is 12.3. The van der Waals surface area contributed by atoms with Gasteiger partial charge in [0.2, 0.25) is 12.7 Å². The van der Waals surface area contributed by atoms with Crippen LogP contribution in [0.5, 0.6) is 11.5 Å². The van der Waals surface area contributed by atoms with E-state index in [9.17, 15) is 14.4 Å². The van der Waals surface area contributed by atoms with Gasteiger partial charge in [-0.2, -0.15) is 0 Å². The lowest BCUT2D eigenvalue weighted by Gasteiger charge is -2.28. The van der Waals surface area contributed by atoms with Crippen molar-refractivity contribution in [2.24, 2.45) is 0 Å². The molecule has 2 N–H and O–H groups in total. The smallest absolute Gasteiger partial charge is 0.314 e. The second-order valence-corrected chi connectivity index (χ2v) is 6.98. The number of anilines is 3. The molecule has 4 rings (SSSR count). The number of hydrogen-bond donors (Lipinski definition) is 2. The lowest BCUT2D eigenvalue weighted by molar-refractivity contribution is -0.132. The highest BCUT2D eigenvalue weighted by Gasteiger charge is 2.22. The molecule has 0 unspecified atom stereocenters. The number of nitrogens with one attached hydrogen (secondary N) is 2. The molecule has 8 heteroatoms. The molecule has 0 radical (unpaired) electrons. The van der Waals surface area contributed by atoms with Gasteiger partial charge in [-0.15, -0.1) is 0 Å². The summed E-state index contributed by atoms with van der Waals surface area (Å²) in [7, 11) is 0. The first-order valence-corrected chi connectivity index (χ1v) is 9.44. The maximum Gasteiger partial charge on any atom is 0.314 e. The largest absolute Gasteiger partial charge is 0.454 e. The number of carbonyl (C=O) groups is 3. The van der Waals surface area contributed by atoms with E-state index in [1.54, 1.807) is 35.2 Å². The number of hydrogen-bond acceptors (Lipinski definition) is 5. The molecule has 8 nitrogen and oxygen atoms in total. The lowest BCUT2D eigenvalue weighted by atomic mass is 10.1. The van der Waals surface area contributed by atoms with Crippen molar-refractivity contribution in [3.05, 3.63) is 42.0 Å². The molecule has 1 saturated heterocycles. The van der Waals surface area contributed by atoms with E-state index in [1.807, 2.05) is 13.0 Å². The van der Waals surface area contributed by atoms with E-state index in [4.69, 9.17) is 9.47 Å². The fraction of sp³-hybridized carbons (Fsp3) is 0.286. The first kappa shape index (κ1) is 18.8. The van der Waals surface area contributed by atoms with Gasteiger partial charge in [-0.25, -0.2) is 0 Å². The zero-order chi connectivity index (χ0) is 20.4. The fourth-order valence-electron chi connectivity index (χ4n) is 3.39. The van der Waals surface area contributed by atoms with Gasteiger partial charge in [0.25, 0.3) is 0 Å². The lowest BCUT2D eigenvalue weighted by Crippen LogP contribution is -2.35. The number of rotatable bonds is 3. The summed E-state index contributed by atoms with van der Waals surface area (Å²) in [4.78, 5) is 38.6. The standard InChI is InChI=1S/C21H21N3O5/c1-13-5-6-14(10-16(13)24-9-3-2-4-19(24)25)22-20(26)21(27)23-15-7-8-17-18(11-15)29-12-28-17/h5-8,10-11H,2-4,9,12H2,1H3,(H,22,26)(H,23,27). The van der Waals surface area contributed by atoms with Crippen molar-refractivity contribution in [3.63, 3.8) is 0 Å². The van der Waals surface area contributed by atoms with Crippen LogP contribution in [0.15, 0.2) is 36.4 Å². The number of carbonyl (C=O) groups excluding carboxylic acids is 3. The Morgan fingerprint density at radius 3 is 2.38 bits per heavy atom. The van der Waals surface area contributed by atoms with Crippen LogP contribution in [-0.2, 0) is 14.4 Å². The molecular formula is C21H21N3O5. The van der Waals surface area contributed by atoms with Crippen molar-refractivity contribution in [2.75, 3.05) is 28.9 Å². The second-order valence-electron chi connectivity index (χ2n) is 6.98. The van der Waals surface area contributed by atoms with Crippen LogP contribution in [-0.4, -0.2) is 31.1 Å². The van der Waals surface area contributed by atoms with E-state index in [0.29, 0.717) is 35.8 Å². The molecule has 0 saturated carbocycles. The van der Waals surface area contributed by atoms with E-state index >= 15 is 0 Å². The number of ether oxygens (including phenoxy) is 2. The fourth-order valence-corrected chi connectivity index (χ4v) is 3.39. The third-order valence-corrected chi connectivity index (χ3v) is 4.92. The molecule has 2 aliphatic heterocycles. The Morgan fingerprint density at radius 1 is 0.931 bits per heavy atom. The molecule has 2 aromatic carbocycles. The molecule has 0 aliphatic carbocycles. The Balaban J connectivity index is 1.44. The van der Waals surface area contributed by atoms with Gasteiger partial charge in [0.1, 0.15) is 0 Å². The monoisotopic (exact) mass is 395 g/mol. The summed E-state index contributed by atoms with van der Waals surface area (Å²) in [5.41, 5.74) is 2.57. The number of nitrogens with zero attached hydrogens (tertiary/aromatic N) is 1. The minimum Gasteiger partial charge on any atom is -0.454 e. The van der Waals surface area contributed by atoms with Gasteiger partial charge >= 0.3 is 11.8 Å². The van der Waals surface area contributed by atoms with E-state index in [-0.39, 0.29) is 12.7 Å². The first-order chi connectivity index (χ1) is 14.0. The summed E-state index contributed by atoms with van der Waals surface area (Å²) >= 11 is 0. The van der Waals surface area contributed by atoms with Crippen molar-refractivity contribution < 1.29 is 23.9 Å². The first-order valence-electron chi connectivity index (χ1n) is 9.44. The molecule has 0 atom stereocenters. The van der Waals surface area contributed by atoms with Gasteiger partial charge in [-0.3, -0.25) is 14.4 Å². The third-order valence-electron chi connectivity index (χ3n) is 4.92. The van der Waals surface area contributed by atoms with E-state index in [1.165, 1.54) is 0 Å². The molecule has 2 aromatic rings. The number of amides is 3. The highest BCUT2D eigenvalue weighted by Crippen LogP contribution is 2.34. The Labute approximate surface area is 167 Å². The molecule has 29 heavy (non-hydrogen) atoms. The highest BCUT2D eigenvalue weighted by atomic mass is 16.7. The second kappa shape index (κ2) is 7.83. The molecule has 0 aromatic heterocycles. The Bertz CT molecular complexity index is 988. The van der Waals surface area contributed by atoms with Crippen molar-refractivity contribution >= 4 is 34.8 Å². The van der Waals surface area contributed by atoms with Crippen molar-refractivity contribution in [3.8, 4) is 11.5 Å². The van der Waals surface area contributed by atoms with Crippen LogP contribution in [0, 0.1) is 6.92 Å². The van der Waals surface area contributed by atoms with Crippen molar-refractivity contribution in [1.29, 1.82) is 0 Å². The summed E-state index contributed by atoms with van der Waals surface area (Å²) in [6, 6.07) is 10.1. The average molecular weight is 395 g/mol. The van der Waals surface area contributed by atoms with E-state index in [2.05, 4.69) is 10.6 Å². The third kappa shape index (κ3) is 4.01. The molecule has 0 bridgehead atoms. The summed E-state index contributed by atoms with van der Waals surface area (Å²) in [5, 5.41) is 5.13. The predicted molar refractivity (Wildman–Crippen MR) is 107 cm³/mol. The van der Waals surface area contributed by atoms with Crippen LogP contribution in [0.3, 0.4) is 0 Å². The van der Waals surface area contributed by atoms with Gasteiger partial charge in [-0.1, -0.05) is 6.07 Å². The summed E-state index contributed by atoms with van der Waals surface area (Å²) in [6.07, 6.45) is 2.36. The van der Waals surface area contributed by atoms with Crippen molar-refractivity contribution in [1.82, 2.24) is 0 Å². The topological polar surface area (TPSA) is 97.0 Å². The van der Waals surface area contributed by atoms with Crippen LogP contribution < -0.4 is 25.0 Å². The van der Waals surface area contributed by atoms with Crippen LogP contribution in [0.4, 0.5) is 17.1 Å². The molecule has 2 heterocycles. The Kier molecular flexibility index (Phi) is 5.07. The zero-order valence-corrected chi connectivity index (χ0v) is 16.0. The summed E-state index contributed by atoms with van der Waals surface area (Å²) in [5.74, 6) is -0.435. The van der Waals surface area contributed by atoms with Gasteiger partial charge < -0.3 is 25.0 Å². The molecule has 150 valence electrons. The average Bonchev–Trinajstić information content (AvgIpc) is 3.18. The van der Waals surface area contributed by atoms with Crippen LogP contribution in [0.25, 0.3) is 0 Å². The number of benzene rings is 2. The quantitative estimate of drug-likeness (QED) is 0.779. The van der Waals surface area contributed by atoms with Crippen LogP contribution >= 0.6 is 0 Å². The van der Waals surface area contributed by atoms with Gasteiger partial charge in [-0.05, 0) is 49.6 Å². The molecule has 3 amide bonds. The zero-order valence-electron chi connectivity index (χ0n) is 16.0. The van der Waals surface area contributed by atoms with Crippen LogP contribution in [0.2, 0.25) is 0 Å². The van der Waals surface area contributed by atoms with E-state index in [0.717, 1.165) is 24.1 Å². The van der Waals surface area contributed by atoms with Gasteiger partial charge in [0, 0.05) is 36.1 Å². The Hall–Kier alpha value is -3.55. The summed E-state index contributed by atoms with van der Waals surface area (Å²) < 4.78 is 10.5. The van der Waals surface area contributed by atoms with Crippen LogP contribution in [0.1, 0.15) is 24.8 Å². The maximum absolute atomic E-state index is 12.3. The number of aryl methyl sites for hydroxylation is 1. The van der Waals surface area contributed by atoms with E-state index < -0.39 is 11.8 Å². The molecule has 0 spiro atoms. The molecular weight excluding hydrogens is 374 g/mol. The number of fused-ring (bicyclic) bond motifs is 1. The number of piperidine rings is 1. The minimum atomic E-state index is -0.806. The normalized spacial score (nSPS) is 15.2. The van der Waals surface area contributed by atoms with Gasteiger partial charge in [0.05, 0.1) is 0 Å². The highest BCUT2D eigenvalue weighted by molar-refractivity contribution is 6.43.